The summed E-state index contributed by atoms with van der Waals surface area (Å²) < 4.78 is 91.0. The standard InChI is InChI=1S/C32H44F3NO6SSi/c1-29(2,3)44(7,8)42-24-18-30(4,5)17-22-25(24)27-26(23(36-22)19-43(37,38)39-6)28(41-31(27)13-15-40-16-14-31)20-9-11-21(12-10-20)32(33,34)35/h9-12,24,28H,13-19H2,1-8H3/t24-,28+/m0/s1. The topological polar surface area (TPSA) is 84.0 Å². The van der Waals surface area contributed by atoms with Gasteiger partial charge >= 0.3 is 6.18 Å². The van der Waals surface area contributed by atoms with Crippen LogP contribution in [0.2, 0.25) is 18.1 Å². The molecule has 0 radical (unpaired) electrons. The summed E-state index contributed by atoms with van der Waals surface area (Å²) in [6.45, 7) is 16.2. The quantitative estimate of drug-likeness (QED) is 0.233. The maximum atomic E-state index is 13.5. The molecule has 244 valence electrons. The molecule has 3 aliphatic rings. The lowest BCUT2D eigenvalue weighted by atomic mass is 9.70. The highest BCUT2D eigenvalue weighted by Gasteiger charge is 2.54. The Bertz CT molecular complexity index is 1510. The van der Waals surface area contributed by atoms with Crippen molar-refractivity contribution in [1.82, 2.24) is 4.98 Å². The van der Waals surface area contributed by atoms with Crippen LogP contribution < -0.4 is 0 Å². The first kappa shape index (κ1) is 33.5. The number of ether oxygens (including phenoxy) is 2. The first-order valence-electron chi connectivity index (χ1n) is 15.1. The van der Waals surface area contributed by atoms with Crippen LogP contribution in [-0.4, -0.2) is 42.0 Å². The molecular formula is C32H44F3NO6SSi. The van der Waals surface area contributed by atoms with E-state index in [0.717, 1.165) is 42.5 Å². The van der Waals surface area contributed by atoms with Crippen LogP contribution in [0.4, 0.5) is 13.2 Å². The van der Waals surface area contributed by atoms with E-state index in [0.29, 0.717) is 49.3 Å². The first-order chi connectivity index (χ1) is 20.2. The summed E-state index contributed by atoms with van der Waals surface area (Å²) in [5.74, 6) is -0.486. The van der Waals surface area contributed by atoms with Crippen molar-refractivity contribution in [3.8, 4) is 0 Å². The summed E-state index contributed by atoms with van der Waals surface area (Å²) in [5.41, 5.74) is 2.22. The molecule has 0 unspecified atom stereocenters. The predicted molar refractivity (Wildman–Crippen MR) is 163 cm³/mol. The summed E-state index contributed by atoms with van der Waals surface area (Å²) in [6, 6.07) is 4.90. The normalized spacial score (nSPS) is 23.4. The number of pyridine rings is 1. The van der Waals surface area contributed by atoms with Gasteiger partial charge in [0.15, 0.2) is 8.32 Å². The molecule has 2 aromatic rings. The SMILES string of the molecule is COS(=O)(=O)Cc1nc2c(c3c1[C@@H](c1ccc(C(F)(F)F)cc1)OC31CCOCC1)[C@@H](O[Si](C)(C)C(C)(C)C)CC(C)(C)C2. The van der Waals surface area contributed by atoms with Crippen LogP contribution in [0.15, 0.2) is 24.3 Å². The molecule has 1 spiro atoms. The van der Waals surface area contributed by atoms with Crippen molar-refractivity contribution in [2.75, 3.05) is 20.3 Å². The number of fused-ring (bicyclic) bond motifs is 4. The average Bonchev–Trinajstić information content (AvgIpc) is 3.21. The maximum Gasteiger partial charge on any atom is 0.416 e. The zero-order valence-electron chi connectivity index (χ0n) is 26.9. The van der Waals surface area contributed by atoms with E-state index in [1.54, 1.807) is 0 Å². The van der Waals surface area contributed by atoms with Gasteiger partial charge in [0.05, 0.1) is 30.1 Å². The lowest BCUT2D eigenvalue weighted by Gasteiger charge is -2.46. The molecule has 3 heterocycles. The van der Waals surface area contributed by atoms with Crippen molar-refractivity contribution in [3.05, 3.63) is 63.5 Å². The third-order valence-electron chi connectivity index (χ3n) is 9.85. The number of alkyl halides is 3. The van der Waals surface area contributed by atoms with Crippen molar-refractivity contribution in [3.63, 3.8) is 0 Å². The fourth-order valence-corrected chi connectivity index (χ4v) is 8.50. The Morgan fingerprint density at radius 1 is 1.05 bits per heavy atom. The van der Waals surface area contributed by atoms with Gasteiger partial charge in [-0.05, 0) is 59.6 Å². The van der Waals surface area contributed by atoms with E-state index < -0.39 is 47.6 Å². The highest BCUT2D eigenvalue weighted by Crippen LogP contribution is 2.58. The minimum atomic E-state index is -4.49. The smallest absolute Gasteiger partial charge is 0.410 e. The van der Waals surface area contributed by atoms with Crippen LogP contribution in [0, 0.1) is 5.41 Å². The molecule has 0 amide bonds. The second kappa shape index (κ2) is 11.2. The molecule has 0 saturated carbocycles. The molecule has 12 heteroatoms. The molecule has 0 N–H and O–H groups in total. The van der Waals surface area contributed by atoms with Gasteiger partial charge in [-0.3, -0.25) is 9.17 Å². The van der Waals surface area contributed by atoms with Crippen LogP contribution in [-0.2, 0) is 52.2 Å². The molecule has 5 rings (SSSR count). The van der Waals surface area contributed by atoms with Gasteiger partial charge in [0, 0.05) is 42.9 Å². The van der Waals surface area contributed by atoms with E-state index in [1.165, 1.54) is 12.1 Å². The van der Waals surface area contributed by atoms with Gasteiger partial charge in [-0.15, -0.1) is 0 Å². The second-order valence-corrected chi connectivity index (χ2v) is 21.2. The summed E-state index contributed by atoms with van der Waals surface area (Å²) in [5, 5.41) is -0.0620. The van der Waals surface area contributed by atoms with E-state index in [1.807, 2.05) is 0 Å². The van der Waals surface area contributed by atoms with Gasteiger partial charge < -0.3 is 13.9 Å². The van der Waals surface area contributed by atoms with Gasteiger partial charge in [-0.25, -0.2) is 0 Å². The van der Waals surface area contributed by atoms with Crippen molar-refractivity contribution >= 4 is 18.4 Å². The van der Waals surface area contributed by atoms with Gasteiger partial charge in [0.2, 0.25) is 0 Å². The monoisotopic (exact) mass is 655 g/mol. The third kappa shape index (κ3) is 6.27. The minimum Gasteiger partial charge on any atom is -0.410 e. The summed E-state index contributed by atoms with van der Waals surface area (Å²) >= 11 is 0. The summed E-state index contributed by atoms with van der Waals surface area (Å²) in [6.07, 6.45) is -3.24. The molecule has 2 atom stereocenters. The van der Waals surface area contributed by atoms with Crippen LogP contribution in [0.25, 0.3) is 0 Å². The second-order valence-electron chi connectivity index (χ2n) is 14.7. The molecule has 1 aromatic carbocycles. The fourth-order valence-electron chi connectivity index (χ4n) is 6.56. The van der Waals surface area contributed by atoms with E-state index >= 15 is 0 Å². The largest absolute Gasteiger partial charge is 0.416 e. The number of hydrogen-bond donors (Lipinski definition) is 0. The van der Waals surface area contributed by atoms with Crippen molar-refractivity contribution in [1.29, 1.82) is 0 Å². The number of halogens is 3. The number of benzene rings is 1. The lowest BCUT2D eigenvalue weighted by molar-refractivity contribution is -0.137. The molecule has 1 saturated heterocycles. The Morgan fingerprint density at radius 3 is 2.20 bits per heavy atom. The van der Waals surface area contributed by atoms with Crippen LogP contribution in [0.5, 0.6) is 0 Å². The van der Waals surface area contributed by atoms with Gasteiger partial charge in [-0.2, -0.15) is 21.6 Å². The lowest BCUT2D eigenvalue weighted by Crippen LogP contribution is -2.45. The van der Waals surface area contributed by atoms with Gasteiger partial charge in [0.25, 0.3) is 10.1 Å². The Morgan fingerprint density at radius 2 is 1.66 bits per heavy atom. The Labute approximate surface area is 260 Å². The number of hydrogen-bond acceptors (Lipinski definition) is 7. The van der Waals surface area contributed by atoms with Gasteiger partial charge in [0.1, 0.15) is 11.9 Å². The predicted octanol–water partition coefficient (Wildman–Crippen LogP) is 7.74. The molecular weight excluding hydrogens is 612 g/mol. The molecule has 7 nitrogen and oxygen atoms in total. The summed E-state index contributed by atoms with van der Waals surface area (Å²) in [4.78, 5) is 5.05. The number of aromatic nitrogens is 1. The van der Waals surface area contributed by atoms with Crippen molar-refractivity contribution in [2.24, 2.45) is 5.41 Å². The highest BCUT2D eigenvalue weighted by atomic mass is 32.2. The first-order valence-corrected chi connectivity index (χ1v) is 19.6. The molecule has 0 bridgehead atoms. The highest BCUT2D eigenvalue weighted by molar-refractivity contribution is 7.85. The Kier molecular flexibility index (Phi) is 8.50. The van der Waals surface area contributed by atoms with E-state index in [-0.39, 0.29) is 16.6 Å². The van der Waals surface area contributed by atoms with Gasteiger partial charge in [-0.1, -0.05) is 46.8 Å². The Hall–Kier alpha value is -1.83. The number of rotatable bonds is 6. The summed E-state index contributed by atoms with van der Waals surface area (Å²) in [7, 11) is -5.18. The van der Waals surface area contributed by atoms with E-state index in [9.17, 15) is 21.6 Å². The minimum absolute atomic E-state index is 0.0620. The molecule has 1 aromatic heterocycles. The fraction of sp³-hybridized carbons (Fsp3) is 0.656. The molecule has 1 aliphatic carbocycles. The molecule has 2 aliphatic heterocycles. The number of nitrogens with zero attached hydrogens (tertiary/aromatic N) is 1. The van der Waals surface area contributed by atoms with E-state index in [2.05, 4.69) is 47.7 Å². The molecule has 44 heavy (non-hydrogen) atoms. The third-order valence-corrected chi connectivity index (χ3v) is 15.5. The zero-order valence-corrected chi connectivity index (χ0v) is 28.7. The van der Waals surface area contributed by atoms with E-state index in [4.69, 9.17) is 23.1 Å². The average molecular weight is 656 g/mol. The maximum absolute atomic E-state index is 13.5. The van der Waals surface area contributed by atoms with Crippen molar-refractivity contribution < 1.29 is 39.7 Å². The molecule has 1 fully saturated rings. The van der Waals surface area contributed by atoms with Crippen LogP contribution in [0.1, 0.15) is 105 Å². The zero-order chi connectivity index (χ0) is 32.5. The van der Waals surface area contributed by atoms with Crippen LogP contribution in [0.3, 0.4) is 0 Å². The van der Waals surface area contributed by atoms with Crippen LogP contribution >= 0.6 is 0 Å². The van der Waals surface area contributed by atoms with Crippen molar-refractivity contribution in [2.45, 2.75) is 108 Å². The Balaban J connectivity index is 1.80.